The maximum atomic E-state index is 13.4. The zero-order valence-corrected chi connectivity index (χ0v) is 21.7. The number of nitrogens with zero attached hydrogens (tertiary/aromatic N) is 4. The highest BCUT2D eigenvalue weighted by Crippen LogP contribution is 2.20. The van der Waals surface area contributed by atoms with Crippen LogP contribution in [0.1, 0.15) is 30.7 Å². The molecule has 1 heterocycles. The lowest BCUT2D eigenvalue weighted by Gasteiger charge is -2.26. The van der Waals surface area contributed by atoms with E-state index in [1.54, 1.807) is 27.8 Å². The van der Waals surface area contributed by atoms with Gasteiger partial charge in [0.05, 0.1) is 30.7 Å². The van der Waals surface area contributed by atoms with Crippen molar-refractivity contribution in [1.82, 2.24) is 24.7 Å². The molecule has 188 valence electrons. The van der Waals surface area contributed by atoms with E-state index in [1.807, 2.05) is 81.4 Å². The lowest BCUT2D eigenvalue weighted by molar-refractivity contribution is 0.185. The van der Waals surface area contributed by atoms with Crippen LogP contribution in [0, 0.1) is 0 Å². The minimum Gasteiger partial charge on any atom is -0.336 e. The molecule has 0 spiro atoms. The van der Waals surface area contributed by atoms with Gasteiger partial charge in [0, 0.05) is 19.1 Å². The predicted octanol–water partition coefficient (Wildman–Crippen LogP) is 3.39. The van der Waals surface area contributed by atoms with Crippen LogP contribution in [0.2, 0.25) is 0 Å². The summed E-state index contributed by atoms with van der Waals surface area (Å²) in [5.74, 6) is -0.142. The molecule has 35 heavy (non-hydrogen) atoms. The van der Waals surface area contributed by atoms with Crippen LogP contribution in [0.25, 0.3) is 0 Å². The number of urea groups is 1. The van der Waals surface area contributed by atoms with Crippen molar-refractivity contribution in [2.75, 3.05) is 27.2 Å². The molecule has 3 aromatic rings. The lowest BCUT2D eigenvalue weighted by atomic mass is 10.2. The smallest absolute Gasteiger partial charge is 0.317 e. The molecule has 0 atom stereocenters. The number of imidazole rings is 1. The quantitative estimate of drug-likeness (QED) is 0.439. The van der Waals surface area contributed by atoms with Crippen LogP contribution in [-0.2, 0) is 28.7 Å². The average molecular weight is 498 g/mol. The first-order valence-corrected chi connectivity index (χ1v) is 13.4. The molecule has 0 saturated carbocycles. The Morgan fingerprint density at radius 3 is 2.14 bits per heavy atom. The molecule has 3 rings (SSSR count). The SMILES string of the molecule is CC(C)NC(=O)N(CCN(C)C)Cc1cnc(S(=O)(=O)Cc2ccccc2)n1Cc1ccccc1. The summed E-state index contributed by atoms with van der Waals surface area (Å²) < 4.78 is 28.6. The number of sulfone groups is 1. The summed E-state index contributed by atoms with van der Waals surface area (Å²) in [7, 11) is 0.182. The van der Waals surface area contributed by atoms with Crippen molar-refractivity contribution in [3.8, 4) is 0 Å². The Morgan fingerprint density at radius 2 is 1.57 bits per heavy atom. The highest BCUT2D eigenvalue weighted by atomic mass is 32.2. The van der Waals surface area contributed by atoms with Gasteiger partial charge < -0.3 is 19.7 Å². The summed E-state index contributed by atoms with van der Waals surface area (Å²) in [6.45, 7) is 5.58. The van der Waals surface area contributed by atoms with Crippen LogP contribution < -0.4 is 5.32 Å². The molecule has 2 amide bonds. The van der Waals surface area contributed by atoms with Gasteiger partial charge in [-0.15, -0.1) is 0 Å². The van der Waals surface area contributed by atoms with E-state index >= 15 is 0 Å². The highest BCUT2D eigenvalue weighted by Gasteiger charge is 2.26. The number of carbonyl (C=O) groups excluding carboxylic acids is 1. The molecule has 0 unspecified atom stereocenters. The fourth-order valence-electron chi connectivity index (χ4n) is 3.67. The van der Waals surface area contributed by atoms with Gasteiger partial charge in [-0.3, -0.25) is 0 Å². The zero-order valence-electron chi connectivity index (χ0n) is 20.9. The van der Waals surface area contributed by atoms with Crippen LogP contribution in [0.4, 0.5) is 4.79 Å². The summed E-state index contributed by atoms with van der Waals surface area (Å²) in [5, 5.41) is 2.96. The summed E-state index contributed by atoms with van der Waals surface area (Å²) >= 11 is 0. The minimum absolute atomic E-state index is 0.0111. The van der Waals surface area contributed by atoms with Crippen LogP contribution in [0.3, 0.4) is 0 Å². The van der Waals surface area contributed by atoms with Gasteiger partial charge in [-0.2, -0.15) is 0 Å². The van der Waals surface area contributed by atoms with Gasteiger partial charge >= 0.3 is 6.03 Å². The van der Waals surface area contributed by atoms with E-state index in [-0.39, 0.29) is 29.5 Å². The zero-order chi connectivity index (χ0) is 25.4. The third-order valence-electron chi connectivity index (χ3n) is 5.43. The van der Waals surface area contributed by atoms with Crippen molar-refractivity contribution in [3.05, 3.63) is 83.7 Å². The van der Waals surface area contributed by atoms with E-state index in [9.17, 15) is 13.2 Å². The number of nitrogens with one attached hydrogen (secondary N) is 1. The Morgan fingerprint density at radius 1 is 0.971 bits per heavy atom. The minimum atomic E-state index is -3.72. The molecule has 0 radical (unpaired) electrons. The van der Waals surface area contributed by atoms with Crippen LogP contribution >= 0.6 is 0 Å². The Bertz CT molecular complexity index is 1190. The second-order valence-corrected chi connectivity index (χ2v) is 11.1. The van der Waals surface area contributed by atoms with Gasteiger partial charge in [0.15, 0.2) is 0 Å². The molecule has 0 aliphatic heterocycles. The standard InChI is InChI=1S/C26H35N5O3S/c1-21(2)28-25(32)30(16-15-29(3)4)19-24-17-27-26(31(24)18-22-11-7-5-8-12-22)35(33,34)20-23-13-9-6-10-14-23/h5-14,17,21H,15-16,18-20H2,1-4H3,(H,28,32). The van der Waals surface area contributed by atoms with E-state index in [4.69, 9.17) is 0 Å². The predicted molar refractivity (Wildman–Crippen MR) is 138 cm³/mol. The third kappa shape index (κ3) is 7.66. The number of benzene rings is 2. The number of amides is 2. The summed E-state index contributed by atoms with van der Waals surface area (Å²) in [6, 6.07) is 18.5. The number of hydrogen-bond donors (Lipinski definition) is 1. The molecule has 0 fully saturated rings. The van der Waals surface area contributed by atoms with Crippen LogP contribution in [-0.4, -0.2) is 67.0 Å². The monoisotopic (exact) mass is 497 g/mol. The number of likely N-dealkylation sites (N-methyl/N-ethyl adjacent to an activating group) is 1. The van der Waals surface area contributed by atoms with Gasteiger partial charge in [-0.05, 0) is 39.1 Å². The number of carbonyl (C=O) groups is 1. The molecular weight excluding hydrogens is 462 g/mol. The second-order valence-electron chi connectivity index (χ2n) is 9.18. The first kappa shape index (κ1) is 26.4. The van der Waals surface area contributed by atoms with Crippen molar-refractivity contribution < 1.29 is 13.2 Å². The average Bonchev–Trinajstić information content (AvgIpc) is 3.20. The molecule has 8 nitrogen and oxygen atoms in total. The first-order valence-electron chi connectivity index (χ1n) is 11.7. The molecule has 0 aliphatic carbocycles. The van der Waals surface area contributed by atoms with Gasteiger partial charge in [-0.1, -0.05) is 60.7 Å². The maximum absolute atomic E-state index is 13.4. The Hall–Kier alpha value is -3.17. The van der Waals surface area contributed by atoms with Gasteiger partial charge in [0.25, 0.3) is 0 Å². The Balaban J connectivity index is 1.98. The van der Waals surface area contributed by atoms with Gasteiger partial charge in [-0.25, -0.2) is 18.2 Å². The molecule has 0 aliphatic rings. The topological polar surface area (TPSA) is 87.5 Å². The van der Waals surface area contributed by atoms with Crippen LogP contribution in [0.5, 0.6) is 0 Å². The third-order valence-corrected chi connectivity index (χ3v) is 7.03. The van der Waals surface area contributed by atoms with E-state index in [1.165, 1.54) is 0 Å². The largest absolute Gasteiger partial charge is 0.336 e. The molecule has 2 aromatic carbocycles. The number of aromatic nitrogens is 2. The molecular formula is C26H35N5O3S. The first-order chi connectivity index (χ1) is 16.7. The number of hydrogen-bond acceptors (Lipinski definition) is 5. The molecule has 1 N–H and O–H groups in total. The maximum Gasteiger partial charge on any atom is 0.317 e. The Kier molecular flexibility index (Phi) is 9.06. The fraction of sp³-hybridized carbons (Fsp3) is 0.385. The van der Waals surface area contributed by atoms with Crippen molar-refractivity contribution in [3.63, 3.8) is 0 Å². The highest BCUT2D eigenvalue weighted by molar-refractivity contribution is 7.90. The number of rotatable bonds is 11. The second kappa shape index (κ2) is 12.0. The van der Waals surface area contributed by atoms with E-state index in [0.717, 1.165) is 5.56 Å². The van der Waals surface area contributed by atoms with E-state index in [2.05, 4.69) is 10.3 Å². The van der Waals surface area contributed by atoms with Crippen molar-refractivity contribution >= 4 is 15.9 Å². The molecule has 9 heteroatoms. The summed E-state index contributed by atoms with van der Waals surface area (Å²) in [6.07, 6.45) is 1.58. The van der Waals surface area contributed by atoms with E-state index in [0.29, 0.717) is 30.9 Å². The van der Waals surface area contributed by atoms with Crippen LogP contribution in [0.15, 0.2) is 72.0 Å². The Labute approximate surface area is 208 Å². The van der Waals surface area contributed by atoms with Gasteiger partial charge in [0.2, 0.25) is 15.0 Å². The lowest BCUT2D eigenvalue weighted by Crippen LogP contribution is -2.45. The van der Waals surface area contributed by atoms with E-state index < -0.39 is 9.84 Å². The molecule has 0 saturated heterocycles. The fourth-order valence-corrected chi connectivity index (χ4v) is 5.16. The summed E-state index contributed by atoms with van der Waals surface area (Å²) in [5.41, 5.74) is 2.32. The van der Waals surface area contributed by atoms with Crippen molar-refractivity contribution in [2.45, 2.75) is 43.9 Å². The van der Waals surface area contributed by atoms with Crippen molar-refractivity contribution in [2.24, 2.45) is 0 Å². The van der Waals surface area contributed by atoms with Crippen molar-refractivity contribution in [1.29, 1.82) is 0 Å². The summed E-state index contributed by atoms with van der Waals surface area (Å²) in [4.78, 5) is 21.0. The van der Waals surface area contributed by atoms with Gasteiger partial charge in [0.1, 0.15) is 0 Å². The molecule has 0 bridgehead atoms. The molecule has 1 aromatic heterocycles. The normalized spacial score (nSPS) is 11.7.